The molecule has 0 N–H and O–H groups in total. The van der Waals surface area contributed by atoms with E-state index in [1.54, 1.807) is 18.2 Å². The van der Waals surface area contributed by atoms with Gasteiger partial charge < -0.3 is 14.2 Å². The van der Waals surface area contributed by atoms with Crippen molar-refractivity contribution in [2.24, 2.45) is 0 Å². The van der Waals surface area contributed by atoms with Crippen molar-refractivity contribution in [3.8, 4) is 11.5 Å². The highest BCUT2D eigenvalue weighted by molar-refractivity contribution is 5.79. The maximum Gasteiger partial charge on any atom is 0.153 e. The third-order valence-electron chi connectivity index (χ3n) is 3.82. The molecule has 0 atom stereocenters. The molecule has 1 heterocycles. The highest BCUT2D eigenvalue weighted by Gasteiger charge is 2.17. The number of ether oxygens (including phenoxy) is 3. The third kappa shape index (κ3) is 4.33. The molecule has 4 nitrogen and oxygen atoms in total. The summed E-state index contributed by atoms with van der Waals surface area (Å²) in [7, 11) is 0. The quantitative estimate of drug-likeness (QED) is 0.764. The summed E-state index contributed by atoms with van der Waals surface area (Å²) in [5.74, 6) is 1.28. The van der Waals surface area contributed by atoms with Crippen LogP contribution in [-0.2, 0) is 11.3 Å². The number of carbonyl (C=O) groups excluding carboxylic acids is 1. The Morgan fingerprint density at radius 2 is 1.87 bits per heavy atom. The van der Waals surface area contributed by atoms with Gasteiger partial charge in [0.25, 0.3) is 0 Å². The minimum atomic E-state index is 0.0897. The Morgan fingerprint density at radius 1 is 1.09 bits per heavy atom. The van der Waals surface area contributed by atoms with E-state index in [2.05, 4.69) is 0 Å². The lowest BCUT2D eigenvalue weighted by molar-refractivity contribution is 0.0252. The number of aldehydes is 1. The van der Waals surface area contributed by atoms with Gasteiger partial charge in [-0.2, -0.15) is 0 Å². The van der Waals surface area contributed by atoms with Crippen LogP contribution in [0.25, 0.3) is 0 Å². The first-order valence-corrected chi connectivity index (χ1v) is 7.85. The van der Waals surface area contributed by atoms with E-state index in [-0.39, 0.29) is 6.10 Å². The maximum atomic E-state index is 11.2. The monoisotopic (exact) mass is 312 g/mol. The smallest absolute Gasteiger partial charge is 0.153 e. The summed E-state index contributed by atoms with van der Waals surface area (Å²) in [6, 6.07) is 15.3. The van der Waals surface area contributed by atoms with Crippen molar-refractivity contribution < 1.29 is 19.0 Å². The van der Waals surface area contributed by atoms with Gasteiger partial charge in [-0.05, 0) is 17.7 Å². The minimum absolute atomic E-state index is 0.0897. The average molecular weight is 312 g/mol. The van der Waals surface area contributed by atoms with Gasteiger partial charge >= 0.3 is 0 Å². The fraction of sp³-hybridized carbons (Fsp3) is 0.316. The van der Waals surface area contributed by atoms with Gasteiger partial charge in [-0.25, -0.2) is 0 Å². The predicted molar refractivity (Wildman–Crippen MR) is 87.1 cm³/mol. The van der Waals surface area contributed by atoms with E-state index in [1.165, 1.54) is 0 Å². The topological polar surface area (TPSA) is 44.8 Å². The van der Waals surface area contributed by atoms with Crippen molar-refractivity contribution in [1.29, 1.82) is 0 Å². The van der Waals surface area contributed by atoms with Crippen molar-refractivity contribution in [3.63, 3.8) is 0 Å². The lowest BCUT2D eigenvalue weighted by atomic mass is 10.1. The van der Waals surface area contributed by atoms with Gasteiger partial charge in [0.05, 0.1) is 18.8 Å². The number of carbonyl (C=O) groups is 1. The van der Waals surface area contributed by atoms with Crippen molar-refractivity contribution in [3.05, 3.63) is 59.7 Å². The van der Waals surface area contributed by atoms with E-state index >= 15 is 0 Å². The summed E-state index contributed by atoms with van der Waals surface area (Å²) < 4.78 is 17.1. The molecule has 0 radical (unpaired) electrons. The Balaban J connectivity index is 1.69. The first kappa shape index (κ1) is 15.6. The van der Waals surface area contributed by atoms with E-state index in [0.29, 0.717) is 36.9 Å². The highest BCUT2D eigenvalue weighted by atomic mass is 16.5. The zero-order chi connectivity index (χ0) is 15.9. The molecule has 0 amide bonds. The zero-order valence-electron chi connectivity index (χ0n) is 12.9. The summed E-state index contributed by atoms with van der Waals surface area (Å²) in [6.45, 7) is 1.88. The maximum absolute atomic E-state index is 11.2. The average Bonchev–Trinajstić information content (AvgIpc) is 2.62. The van der Waals surface area contributed by atoms with E-state index in [4.69, 9.17) is 14.2 Å². The molecule has 4 heteroatoms. The van der Waals surface area contributed by atoms with Crippen LogP contribution in [0.15, 0.2) is 48.5 Å². The predicted octanol–water partition coefficient (Wildman–Crippen LogP) is 3.64. The van der Waals surface area contributed by atoms with Gasteiger partial charge in [0.2, 0.25) is 0 Å². The standard InChI is InChI=1S/C19H20O4/c20-13-16-6-7-18(22-14-15-4-2-1-3-5-15)12-19(16)23-17-8-10-21-11-9-17/h1-7,12-13,17H,8-11,14H2. The van der Waals surface area contributed by atoms with Crippen LogP contribution in [0.3, 0.4) is 0 Å². The summed E-state index contributed by atoms with van der Waals surface area (Å²) in [6.07, 6.45) is 2.59. The molecule has 1 aliphatic heterocycles. The van der Waals surface area contributed by atoms with E-state index in [1.807, 2.05) is 30.3 Å². The molecule has 0 saturated carbocycles. The Labute approximate surface area is 136 Å². The SMILES string of the molecule is O=Cc1ccc(OCc2ccccc2)cc1OC1CCOCC1. The second-order valence-corrected chi connectivity index (χ2v) is 5.52. The van der Waals surface area contributed by atoms with Gasteiger partial charge in [-0.3, -0.25) is 4.79 Å². The van der Waals surface area contributed by atoms with E-state index < -0.39 is 0 Å². The van der Waals surface area contributed by atoms with Crippen molar-refractivity contribution in [2.45, 2.75) is 25.6 Å². The molecule has 0 spiro atoms. The van der Waals surface area contributed by atoms with Gasteiger partial charge in [0.15, 0.2) is 6.29 Å². The Kier molecular flexibility index (Phi) is 5.27. The molecule has 0 aliphatic carbocycles. The fourth-order valence-corrected chi connectivity index (χ4v) is 2.52. The van der Waals surface area contributed by atoms with Crippen LogP contribution in [0.4, 0.5) is 0 Å². The van der Waals surface area contributed by atoms with Crippen LogP contribution >= 0.6 is 0 Å². The molecule has 0 bridgehead atoms. The highest BCUT2D eigenvalue weighted by Crippen LogP contribution is 2.27. The van der Waals surface area contributed by atoms with Gasteiger partial charge in [-0.1, -0.05) is 30.3 Å². The molecule has 120 valence electrons. The molecule has 3 rings (SSSR count). The number of benzene rings is 2. The van der Waals surface area contributed by atoms with Gasteiger partial charge in [0, 0.05) is 18.9 Å². The van der Waals surface area contributed by atoms with E-state index in [9.17, 15) is 4.79 Å². The number of hydrogen-bond donors (Lipinski definition) is 0. The van der Waals surface area contributed by atoms with Crippen LogP contribution in [-0.4, -0.2) is 25.6 Å². The molecule has 1 saturated heterocycles. The summed E-state index contributed by atoms with van der Waals surface area (Å²) in [4.78, 5) is 11.2. The summed E-state index contributed by atoms with van der Waals surface area (Å²) in [5.41, 5.74) is 1.64. The normalized spacial score (nSPS) is 15.1. The summed E-state index contributed by atoms with van der Waals surface area (Å²) in [5, 5.41) is 0. The Bertz CT molecular complexity index is 633. The van der Waals surface area contributed by atoms with Gasteiger partial charge in [-0.15, -0.1) is 0 Å². The third-order valence-corrected chi connectivity index (χ3v) is 3.82. The first-order valence-electron chi connectivity index (χ1n) is 7.85. The molecule has 2 aromatic rings. The molecule has 2 aromatic carbocycles. The molecule has 23 heavy (non-hydrogen) atoms. The molecule has 0 aromatic heterocycles. The van der Waals surface area contributed by atoms with Crippen molar-refractivity contribution in [1.82, 2.24) is 0 Å². The van der Waals surface area contributed by atoms with Gasteiger partial charge in [0.1, 0.15) is 24.2 Å². The van der Waals surface area contributed by atoms with Crippen LogP contribution in [0.2, 0.25) is 0 Å². The van der Waals surface area contributed by atoms with Crippen LogP contribution in [0.1, 0.15) is 28.8 Å². The van der Waals surface area contributed by atoms with E-state index in [0.717, 1.165) is 24.7 Å². The zero-order valence-corrected chi connectivity index (χ0v) is 12.9. The first-order chi connectivity index (χ1) is 11.3. The van der Waals surface area contributed by atoms with Crippen LogP contribution in [0.5, 0.6) is 11.5 Å². The molecule has 1 aliphatic rings. The van der Waals surface area contributed by atoms with Crippen LogP contribution in [0, 0.1) is 0 Å². The summed E-state index contributed by atoms with van der Waals surface area (Å²) >= 11 is 0. The second kappa shape index (κ2) is 7.79. The molecule has 0 unspecified atom stereocenters. The minimum Gasteiger partial charge on any atom is -0.489 e. The second-order valence-electron chi connectivity index (χ2n) is 5.52. The molecular weight excluding hydrogens is 292 g/mol. The Morgan fingerprint density at radius 3 is 2.61 bits per heavy atom. The fourth-order valence-electron chi connectivity index (χ4n) is 2.52. The lowest BCUT2D eigenvalue weighted by Gasteiger charge is -2.24. The van der Waals surface area contributed by atoms with Crippen molar-refractivity contribution in [2.75, 3.05) is 13.2 Å². The Hall–Kier alpha value is -2.33. The molecule has 1 fully saturated rings. The van der Waals surface area contributed by atoms with Crippen LogP contribution < -0.4 is 9.47 Å². The lowest BCUT2D eigenvalue weighted by Crippen LogP contribution is -2.26. The number of hydrogen-bond acceptors (Lipinski definition) is 4. The van der Waals surface area contributed by atoms with Crippen molar-refractivity contribution >= 4 is 6.29 Å². The largest absolute Gasteiger partial charge is 0.489 e. The molecular formula is C19H20O4. The number of rotatable bonds is 6.